The molecule has 0 heterocycles. The summed E-state index contributed by atoms with van der Waals surface area (Å²) in [5.74, 6) is -0.580. The molecule has 0 aromatic carbocycles. The van der Waals surface area contributed by atoms with Crippen molar-refractivity contribution in [1.29, 1.82) is 0 Å². The van der Waals surface area contributed by atoms with Gasteiger partial charge in [-0.05, 0) is 27.7 Å². The number of nitrogens with one attached hydrogen (secondary N) is 1. The maximum atomic E-state index is 11.8. The largest absolute Gasteiger partial charge is 0.464 e. The van der Waals surface area contributed by atoms with Crippen LogP contribution in [-0.2, 0) is 23.7 Å². The maximum absolute atomic E-state index is 11.8. The van der Waals surface area contributed by atoms with Gasteiger partial charge >= 0.3 is 12.1 Å². The van der Waals surface area contributed by atoms with Gasteiger partial charge in [0.1, 0.15) is 12.4 Å². The van der Waals surface area contributed by atoms with Crippen molar-refractivity contribution in [2.75, 3.05) is 27.1 Å². The molecule has 0 saturated carbocycles. The Morgan fingerprint density at radius 1 is 1.27 bits per heavy atom. The van der Waals surface area contributed by atoms with Crippen LogP contribution in [0.5, 0.6) is 0 Å². The molecule has 8 heteroatoms. The van der Waals surface area contributed by atoms with Gasteiger partial charge in [-0.25, -0.2) is 9.59 Å². The molecule has 0 aromatic heterocycles. The van der Waals surface area contributed by atoms with Gasteiger partial charge in [0.2, 0.25) is 0 Å². The smallest absolute Gasteiger partial charge is 0.407 e. The van der Waals surface area contributed by atoms with Gasteiger partial charge in [-0.1, -0.05) is 0 Å². The van der Waals surface area contributed by atoms with Crippen molar-refractivity contribution in [3.8, 4) is 0 Å². The van der Waals surface area contributed by atoms with Crippen LogP contribution in [0.15, 0.2) is 0 Å². The van der Waals surface area contributed by atoms with Gasteiger partial charge in [-0.15, -0.1) is 0 Å². The molecule has 2 N–H and O–H groups in total. The molecule has 0 bridgehead atoms. The van der Waals surface area contributed by atoms with Gasteiger partial charge in [0.25, 0.3) is 0 Å². The Hall–Kier alpha value is -1.38. The fraction of sp³-hybridized carbons (Fsp3) is 0.857. The minimum Gasteiger partial charge on any atom is -0.464 e. The third-order valence-corrected chi connectivity index (χ3v) is 2.38. The minimum absolute atomic E-state index is 0.0396. The number of rotatable bonds is 9. The normalized spacial score (nSPS) is 14.1. The Balaban J connectivity index is 4.61. The van der Waals surface area contributed by atoms with Crippen molar-refractivity contribution in [3.63, 3.8) is 0 Å². The molecule has 0 unspecified atom stereocenters. The predicted molar refractivity (Wildman–Crippen MR) is 78.2 cm³/mol. The zero-order valence-electron chi connectivity index (χ0n) is 13.9. The molecule has 0 aliphatic carbocycles. The Morgan fingerprint density at radius 3 is 2.36 bits per heavy atom. The van der Waals surface area contributed by atoms with Crippen LogP contribution in [0, 0.1) is 0 Å². The molecule has 0 fully saturated rings. The number of ether oxygens (including phenoxy) is 4. The van der Waals surface area contributed by atoms with E-state index in [-0.39, 0.29) is 26.4 Å². The van der Waals surface area contributed by atoms with E-state index in [0.717, 1.165) is 0 Å². The molecule has 22 heavy (non-hydrogen) atoms. The number of alkyl carbamates (subject to hydrolysis) is 1. The monoisotopic (exact) mass is 321 g/mol. The molecule has 2 atom stereocenters. The van der Waals surface area contributed by atoms with E-state index in [4.69, 9.17) is 18.9 Å². The van der Waals surface area contributed by atoms with Crippen molar-refractivity contribution < 1.29 is 33.6 Å². The molecule has 0 spiro atoms. The van der Waals surface area contributed by atoms with Crippen LogP contribution in [0.1, 0.15) is 34.1 Å². The van der Waals surface area contributed by atoms with E-state index in [2.05, 4.69) is 5.32 Å². The molecule has 130 valence electrons. The van der Waals surface area contributed by atoms with E-state index >= 15 is 0 Å². The lowest BCUT2D eigenvalue weighted by molar-refractivity contribution is -0.166. The number of aliphatic hydroxyl groups is 1. The number of methoxy groups -OCH3 is 1. The topological polar surface area (TPSA) is 103 Å². The second-order valence-electron chi connectivity index (χ2n) is 5.58. The van der Waals surface area contributed by atoms with Gasteiger partial charge in [0.15, 0.2) is 6.10 Å². The predicted octanol–water partition coefficient (Wildman–Crippen LogP) is 0.814. The summed E-state index contributed by atoms with van der Waals surface area (Å²) in [4.78, 5) is 23.5. The molecule has 0 aliphatic rings. The Morgan fingerprint density at radius 2 is 1.91 bits per heavy atom. The number of amides is 1. The number of hydrogen-bond acceptors (Lipinski definition) is 7. The molecule has 0 aromatic rings. The van der Waals surface area contributed by atoms with E-state index < -0.39 is 29.8 Å². The van der Waals surface area contributed by atoms with E-state index in [0.29, 0.717) is 0 Å². The molecule has 0 saturated heterocycles. The highest BCUT2D eigenvalue weighted by Crippen LogP contribution is 2.09. The summed E-state index contributed by atoms with van der Waals surface area (Å²) in [5, 5.41) is 11.8. The maximum Gasteiger partial charge on any atom is 0.407 e. The van der Waals surface area contributed by atoms with E-state index in [1.807, 2.05) is 0 Å². The number of hydrogen-bond donors (Lipinski definition) is 2. The van der Waals surface area contributed by atoms with Gasteiger partial charge in [-0.2, -0.15) is 0 Å². The summed E-state index contributed by atoms with van der Waals surface area (Å²) in [6, 6.07) is -0.707. The molecule has 8 nitrogen and oxygen atoms in total. The quantitative estimate of drug-likeness (QED) is 0.478. The summed E-state index contributed by atoms with van der Waals surface area (Å²) >= 11 is 0. The number of esters is 1. The summed E-state index contributed by atoms with van der Waals surface area (Å²) in [6.07, 6.45) is -1.59. The fourth-order valence-electron chi connectivity index (χ4n) is 1.53. The average Bonchev–Trinajstić information content (AvgIpc) is 2.40. The van der Waals surface area contributed by atoms with Crippen LogP contribution in [0.4, 0.5) is 4.79 Å². The van der Waals surface area contributed by atoms with Crippen LogP contribution in [0.3, 0.4) is 0 Å². The average molecular weight is 321 g/mol. The number of carbonyl (C=O) groups is 2. The first-order valence-electron chi connectivity index (χ1n) is 7.11. The Bertz CT molecular complexity index is 341. The lowest BCUT2D eigenvalue weighted by Crippen LogP contribution is -2.44. The van der Waals surface area contributed by atoms with Crippen molar-refractivity contribution >= 4 is 12.1 Å². The minimum atomic E-state index is -0.952. The Labute approximate surface area is 131 Å². The van der Waals surface area contributed by atoms with Gasteiger partial charge in [0.05, 0.1) is 19.3 Å². The number of carbonyl (C=O) groups excluding carboxylic acids is 2. The SMILES string of the molecule is CCOC(=O)[C@H](C[C@@H](CO)NC(=O)OC(C)(C)C)OCOC. The molecule has 0 rings (SSSR count). The molecule has 0 radical (unpaired) electrons. The van der Waals surface area contributed by atoms with Crippen LogP contribution in [0.25, 0.3) is 0 Å². The van der Waals surface area contributed by atoms with Crippen molar-refractivity contribution in [2.45, 2.75) is 51.9 Å². The highest BCUT2D eigenvalue weighted by molar-refractivity contribution is 5.75. The lowest BCUT2D eigenvalue weighted by atomic mass is 10.1. The highest BCUT2D eigenvalue weighted by atomic mass is 16.7. The lowest BCUT2D eigenvalue weighted by Gasteiger charge is -2.24. The molecule has 0 aliphatic heterocycles. The first kappa shape index (κ1) is 20.6. The van der Waals surface area contributed by atoms with Crippen LogP contribution in [0.2, 0.25) is 0 Å². The van der Waals surface area contributed by atoms with Crippen molar-refractivity contribution in [1.82, 2.24) is 5.32 Å². The summed E-state index contributed by atoms with van der Waals surface area (Å²) in [7, 11) is 1.42. The standard InChI is InChI=1S/C14H27NO7/c1-6-20-12(17)11(21-9-19-5)7-10(8-16)15-13(18)22-14(2,3)4/h10-11,16H,6-9H2,1-5H3,(H,15,18)/t10-,11-/m0/s1. The van der Waals surface area contributed by atoms with Crippen molar-refractivity contribution in [3.05, 3.63) is 0 Å². The van der Waals surface area contributed by atoms with Crippen molar-refractivity contribution in [2.24, 2.45) is 0 Å². The zero-order chi connectivity index (χ0) is 17.2. The van der Waals surface area contributed by atoms with E-state index in [9.17, 15) is 14.7 Å². The number of aliphatic hydroxyl groups excluding tert-OH is 1. The van der Waals surface area contributed by atoms with Gasteiger partial charge < -0.3 is 29.4 Å². The van der Waals surface area contributed by atoms with Gasteiger partial charge in [0, 0.05) is 13.5 Å². The zero-order valence-corrected chi connectivity index (χ0v) is 13.9. The van der Waals surface area contributed by atoms with Gasteiger partial charge in [-0.3, -0.25) is 0 Å². The fourth-order valence-corrected chi connectivity index (χ4v) is 1.53. The summed E-state index contributed by atoms with van der Waals surface area (Å²) in [6.45, 7) is 6.58. The van der Waals surface area contributed by atoms with Crippen LogP contribution < -0.4 is 5.32 Å². The third kappa shape index (κ3) is 9.54. The molecular formula is C14H27NO7. The first-order chi connectivity index (χ1) is 10.2. The second kappa shape index (κ2) is 10.4. The summed E-state index contributed by atoms with van der Waals surface area (Å²) in [5.41, 5.74) is -0.656. The first-order valence-corrected chi connectivity index (χ1v) is 7.11. The van der Waals surface area contributed by atoms with Crippen LogP contribution >= 0.6 is 0 Å². The molecule has 1 amide bonds. The Kier molecular flexibility index (Phi) is 9.71. The third-order valence-electron chi connectivity index (χ3n) is 2.38. The second-order valence-corrected chi connectivity index (χ2v) is 5.58. The molecular weight excluding hydrogens is 294 g/mol. The highest BCUT2D eigenvalue weighted by Gasteiger charge is 2.27. The van der Waals surface area contributed by atoms with E-state index in [1.54, 1.807) is 27.7 Å². The summed E-state index contributed by atoms with van der Waals surface area (Å²) < 4.78 is 20.0. The van der Waals surface area contributed by atoms with Crippen LogP contribution in [-0.4, -0.2) is 62.0 Å². The van der Waals surface area contributed by atoms with E-state index in [1.165, 1.54) is 7.11 Å².